The second-order valence-corrected chi connectivity index (χ2v) is 5.68. The molecule has 0 fully saturated rings. The Kier molecular flexibility index (Phi) is 4.78. The van der Waals surface area contributed by atoms with Crippen LogP contribution in [0.5, 0.6) is 11.5 Å². The van der Waals surface area contributed by atoms with Gasteiger partial charge in [-0.15, -0.1) is 11.3 Å². The molecule has 4 nitrogen and oxygen atoms in total. The molecule has 23 heavy (non-hydrogen) atoms. The minimum Gasteiger partial charge on any atom is -0.496 e. The van der Waals surface area contributed by atoms with Crippen molar-refractivity contribution in [2.45, 2.75) is 6.92 Å². The Hall–Kier alpha value is -2.53. The maximum absolute atomic E-state index is 5.44. The van der Waals surface area contributed by atoms with Crippen LogP contribution in [0.15, 0.2) is 53.9 Å². The second-order valence-electron chi connectivity index (χ2n) is 4.82. The van der Waals surface area contributed by atoms with Crippen LogP contribution in [-0.4, -0.2) is 18.7 Å². The van der Waals surface area contributed by atoms with Crippen molar-refractivity contribution in [3.05, 3.63) is 53.9 Å². The smallest absolute Gasteiger partial charge is 0.187 e. The van der Waals surface area contributed by atoms with E-state index in [0.717, 1.165) is 33.6 Å². The van der Waals surface area contributed by atoms with Gasteiger partial charge in [-0.2, -0.15) is 0 Å². The van der Waals surface area contributed by atoms with Crippen molar-refractivity contribution in [1.82, 2.24) is 4.98 Å². The minimum atomic E-state index is 0.668. The van der Waals surface area contributed by atoms with E-state index < -0.39 is 0 Å². The number of methoxy groups -OCH3 is 1. The molecule has 0 radical (unpaired) electrons. The zero-order valence-electron chi connectivity index (χ0n) is 13.1. The molecule has 1 heterocycles. The van der Waals surface area contributed by atoms with Gasteiger partial charge in [-0.05, 0) is 43.3 Å². The average molecular weight is 326 g/mol. The molecule has 0 aliphatic heterocycles. The summed E-state index contributed by atoms with van der Waals surface area (Å²) in [6.45, 7) is 2.64. The third kappa shape index (κ3) is 3.63. The molecule has 2 aromatic carbocycles. The van der Waals surface area contributed by atoms with Gasteiger partial charge < -0.3 is 14.8 Å². The van der Waals surface area contributed by atoms with Crippen LogP contribution in [0.3, 0.4) is 0 Å². The predicted octanol–water partition coefficient (Wildman–Crippen LogP) is 4.96. The van der Waals surface area contributed by atoms with E-state index in [1.165, 1.54) is 0 Å². The number of thiazole rings is 1. The first-order chi connectivity index (χ1) is 11.3. The van der Waals surface area contributed by atoms with Gasteiger partial charge in [0.05, 0.1) is 19.4 Å². The van der Waals surface area contributed by atoms with Gasteiger partial charge in [0.2, 0.25) is 0 Å². The van der Waals surface area contributed by atoms with Gasteiger partial charge in [-0.25, -0.2) is 4.98 Å². The quantitative estimate of drug-likeness (QED) is 0.695. The molecule has 1 N–H and O–H groups in total. The highest BCUT2D eigenvalue weighted by Crippen LogP contribution is 2.33. The van der Waals surface area contributed by atoms with Crippen LogP contribution >= 0.6 is 11.3 Å². The van der Waals surface area contributed by atoms with E-state index in [4.69, 9.17) is 9.47 Å². The molecule has 118 valence electrons. The molecule has 0 aliphatic carbocycles. The molecular weight excluding hydrogens is 308 g/mol. The van der Waals surface area contributed by atoms with Crippen molar-refractivity contribution in [1.29, 1.82) is 0 Å². The third-order valence-corrected chi connectivity index (χ3v) is 4.06. The Morgan fingerprint density at radius 1 is 1.09 bits per heavy atom. The van der Waals surface area contributed by atoms with Gasteiger partial charge in [0.1, 0.15) is 11.5 Å². The molecule has 0 bridgehead atoms. The molecule has 0 atom stereocenters. The summed E-state index contributed by atoms with van der Waals surface area (Å²) >= 11 is 1.56. The lowest BCUT2D eigenvalue weighted by atomic mass is 10.1. The van der Waals surface area contributed by atoms with Crippen molar-refractivity contribution < 1.29 is 9.47 Å². The highest BCUT2D eigenvalue weighted by molar-refractivity contribution is 7.14. The highest BCUT2D eigenvalue weighted by atomic mass is 32.1. The van der Waals surface area contributed by atoms with E-state index in [0.29, 0.717) is 6.61 Å². The molecule has 0 spiro atoms. The lowest BCUT2D eigenvalue weighted by Gasteiger charge is -2.06. The number of para-hydroxylation sites is 1. The van der Waals surface area contributed by atoms with Crippen molar-refractivity contribution in [3.8, 4) is 22.8 Å². The maximum Gasteiger partial charge on any atom is 0.187 e. The molecule has 0 aliphatic rings. The molecule has 5 heteroatoms. The lowest BCUT2D eigenvalue weighted by Crippen LogP contribution is -1.93. The molecule has 0 unspecified atom stereocenters. The molecule has 3 rings (SSSR count). The first kappa shape index (κ1) is 15.4. The van der Waals surface area contributed by atoms with Gasteiger partial charge in [0, 0.05) is 16.6 Å². The van der Waals surface area contributed by atoms with Crippen LogP contribution in [0.1, 0.15) is 6.92 Å². The predicted molar refractivity (Wildman–Crippen MR) is 95.0 cm³/mol. The number of anilines is 2. The zero-order valence-corrected chi connectivity index (χ0v) is 13.9. The molecule has 0 saturated heterocycles. The summed E-state index contributed by atoms with van der Waals surface area (Å²) in [7, 11) is 1.67. The Balaban J connectivity index is 1.77. The van der Waals surface area contributed by atoms with E-state index >= 15 is 0 Å². The normalized spacial score (nSPS) is 10.3. The Bertz CT molecular complexity index is 769. The first-order valence-electron chi connectivity index (χ1n) is 7.39. The average Bonchev–Trinajstić information content (AvgIpc) is 3.05. The van der Waals surface area contributed by atoms with Crippen molar-refractivity contribution in [3.63, 3.8) is 0 Å². The van der Waals surface area contributed by atoms with E-state index in [1.807, 2.05) is 60.8 Å². The molecule has 3 aromatic rings. The summed E-state index contributed by atoms with van der Waals surface area (Å²) in [5.41, 5.74) is 2.88. The monoisotopic (exact) mass is 326 g/mol. The van der Waals surface area contributed by atoms with E-state index in [9.17, 15) is 0 Å². The number of hydrogen-bond acceptors (Lipinski definition) is 5. The standard InChI is InChI=1S/C18H18N2O2S/c1-3-22-14-10-8-13(9-11-14)19-18-20-16(12-23-18)15-6-4-5-7-17(15)21-2/h4-12H,3H2,1-2H3,(H,19,20). The van der Waals surface area contributed by atoms with Crippen LogP contribution in [0.25, 0.3) is 11.3 Å². The summed E-state index contributed by atoms with van der Waals surface area (Å²) in [5.74, 6) is 1.69. The summed E-state index contributed by atoms with van der Waals surface area (Å²) in [4.78, 5) is 4.64. The zero-order chi connectivity index (χ0) is 16.1. The lowest BCUT2D eigenvalue weighted by molar-refractivity contribution is 0.340. The van der Waals surface area contributed by atoms with Crippen LogP contribution < -0.4 is 14.8 Å². The van der Waals surface area contributed by atoms with Crippen molar-refractivity contribution in [2.24, 2.45) is 0 Å². The summed E-state index contributed by atoms with van der Waals surface area (Å²) in [5, 5.41) is 6.18. The van der Waals surface area contributed by atoms with Crippen LogP contribution in [-0.2, 0) is 0 Å². The number of nitrogens with one attached hydrogen (secondary N) is 1. The largest absolute Gasteiger partial charge is 0.496 e. The molecular formula is C18H18N2O2S. The number of hydrogen-bond donors (Lipinski definition) is 1. The third-order valence-electron chi connectivity index (χ3n) is 3.30. The van der Waals surface area contributed by atoms with Crippen LogP contribution in [0.2, 0.25) is 0 Å². The van der Waals surface area contributed by atoms with Crippen LogP contribution in [0, 0.1) is 0 Å². The first-order valence-corrected chi connectivity index (χ1v) is 8.27. The number of nitrogens with zero attached hydrogens (tertiary/aromatic N) is 1. The fourth-order valence-corrected chi connectivity index (χ4v) is 2.97. The topological polar surface area (TPSA) is 43.4 Å². The van der Waals surface area contributed by atoms with Gasteiger partial charge in [0.15, 0.2) is 5.13 Å². The van der Waals surface area contributed by atoms with E-state index in [-0.39, 0.29) is 0 Å². The van der Waals surface area contributed by atoms with Gasteiger partial charge in [-0.3, -0.25) is 0 Å². The van der Waals surface area contributed by atoms with Gasteiger partial charge in [-0.1, -0.05) is 12.1 Å². The van der Waals surface area contributed by atoms with E-state index in [2.05, 4.69) is 10.3 Å². The fourth-order valence-electron chi connectivity index (χ4n) is 2.24. The second kappa shape index (κ2) is 7.15. The minimum absolute atomic E-state index is 0.668. The number of ether oxygens (including phenoxy) is 2. The van der Waals surface area contributed by atoms with E-state index in [1.54, 1.807) is 18.4 Å². The van der Waals surface area contributed by atoms with Crippen molar-refractivity contribution >= 4 is 22.2 Å². The summed E-state index contributed by atoms with van der Waals surface area (Å²) in [6.07, 6.45) is 0. The number of rotatable bonds is 6. The fraction of sp³-hybridized carbons (Fsp3) is 0.167. The Labute approximate surface area is 139 Å². The summed E-state index contributed by atoms with van der Waals surface area (Å²) < 4.78 is 10.8. The summed E-state index contributed by atoms with van der Waals surface area (Å²) in [6, 6.07) is 15.7. The molecule has 0 saturated carbocycles. The SMILES string of the molecule is CCOc1ccc(Nc2nc(-c3ccccc3OC)cs2)cc1. The van der Waals surface area contributed by atoms with Gasteiger partial charge in [0.25, 0.3) is 0 Å². The Morgan fingerprint density at radius 3 is 2.61 bits per heavy atom. The van der Waals surface area contributed by atoms with Crippen molar-refractivity contribution in [2.75, 3.05) is 19.0 Å². The highest BCUT2D eigenvalue weighted by Gasteiger charge is 2.09. The Morgan fingerprint density at radius 2 is 1.87 bits per heavy atom. The molecule has 0 amide bonds. The molecule has 1 aromatic heterocycles. The van der Waals surface area contributed by atoms with Gasteiger partial charge >= 0.3 is 0 Å². The van der Waals surface area contributed by atoms with Crippen LogP contribution in [0.4, 0.5) is 10.8 Å². The number of benzene rings is 2. The number of aromatic nitrogens is 1. The maximum atomic E-state index is 5.44.